The highest BCUT2D eigenvalue weighted by Crippen LogP contribution is 2.46. The number of carbonyl (C=O) groups is 2. The highest BCUT2D eigenvalue weighted by atomic mass is 16.4. The second kappa shape index (κ2) is 4.20. The largest absolute Gasteiger partial charge is 0.480 e. The lowest BCUT2D eigenvalue weighted by Crippen LogP contribution is -2.43. The topological polar surface area (TPSA) is 84.2 Å². The molecule has 6 heteroatoms. The lowest BCUT2D eigenvalue weighted by atomic mass is 10.1. The maximum atomic E-state index is 11.8. The van der Waals surface area contributed by atoms with E-state index >= 15 is 0 Å². The quantitative estimate of drug-likeness (QED) is 0.719. The van der Waals surface area contributed by atoms with E-state index < -0.39 is 11.4 Å². The van der Waals surface area contributed by atoms with E-state index in [1.807, 2.05) is 6.92 Å². The molecule has 1 unspecified atom stereocenters. The van der Waals surface area contributed by atoms with Gasteiger partial charge in [-0.1, -0.05) is 0 Å². The number of aliphatic carboxylic acids is 1. The molecule has 1 heterocycles. The number of aromatic nitrogens is 2. The number of rotatable bonds is 5. The van der Waals surface area contributed by atoms with Gasteiger partial charge in [-0.2, -0.15) is 5.10 Å². The summed E-state index contributed by atoms with van der Waals surface area (Å²) in [6.45, 7) is 2.37. The van der Waals surface area contributed by atoms with Gasteiger partial charge in [-0.3, -0.25) is 14.3 Å². The van der Waals surface area contributed by atoms with E-state index in [4.69, 9.17) is 5.11 Å². The van der Waals surface area contributed by atoms with Crippen LogP contribution in [0.2, 0.25) is 0 Å². The highest BCUT2D eigenvalue weighted by molar-refractivity contribution is 6.04. The van der Waals surface area contributed by atoms with Crippen molar-refractivity contribution in [3.63, 3.8) is 0 Å². The van der Waals surface area contributed by atoms with Gasteiger partial charge in [0.25, 0.3) is 0 Å². The fourth-order valence-corrected chi connectivity index (χ4v) is 1.76. The first-order chi connectivity index (χ1) is 8.04. The smallest absolute Gasteiger partial charge is 0.319 e. The first-order valence-corrected chi connectivity index (χ1v) is 5.56. The summed E-state index contributed by atoms with van der Waals surface area (Å²) in [7, 11) is 0. The average Bonchev–Trinajstić information content (AvgIpc) is 2.93. The standard InChI is InChI=1S/C11H15N3O3/c1-8(7-14-6-2-5-12-14)13-9(15)11(3-4-11)10(16)17/h2,5-6,8H,3-4,7H2,1H3,(H,13,15)(H,16,17). The van der Waals surface area contributed by atoms with Crippen LogP contribution in [0.5, 0.6) is 0 Å². The average molecular weight is 237 g/mol. The highest BCUT2D eigenvalue weighted by Gasteiger charge is 2.57. The molecule has 1 amide bonds. The zero-order valence-electron chi connectivity index (χ0n) is 9.59. The van der Waals surface area contributed by atoms with Gasteiger partial charge in [-0.25, -0.2) is 0 Å². The normalized spacial score (nSPS) is 18.4. The molecule has 6 nitrogen and oxygen atoms in total. The molecule has 2 N–H and O–H groups in total. The molecule has 0 saturated heterocycles. The molecule has 1 saturated carbocycles. The third-order valence-electron chi connectivity index (χ3n) is 2.99. The fraction of sp³-hybridized carbons (Fsp3) is 0.545. The molecule has 0 bridgehead atoms. The van der Waals surface area contributed by atoms with Crippen LogP contribution < -0.4 is 5.32 Å². The summed E-state index contributed by atoms with van der Waals surface area (Å²) in [6.07, 6.45) is 4.33. The number of nitrogens with zero attached hydrogens (tertiary/aromatic N) is 2. The third kappa shape index (κ3) is 2.30. The minimum absolute atomic E-state index is 0.140. The minimum Gasteiger partial charge on any atom is -0.480 e. The summed E-state index contributed by atoms with van der Waals surface area (Å²) in [5.74, 6) is -1.41. The molecule has 17 heavy (non-hydrogen) atoms. The molecule has 1 aromatic heterocycles. The zero-order chi connectivity index (χ0) is 12.5. The van der Waals surface area contributed by atoms with Gasteiger partial charge < -0.3 is 10.4 Å². The summed E-state index contributed by atoms with van der Waals surface area (Å²) in [5.41, 5.74) is -1.17. The number of carbonyl (C=O) groups excluding carboxylic acids is 1. The van der Waals surface area contributed by atoms with Crippen molar-refractivity contribution in [1.82, 2.24) is 15.1 Å². The SMILES string of the molecule is CC(Cn1cccn1)NC(=O)C1(C(=O)O)CC1. The van der Waals surface area contributed by atoms with Crippen molar-refractivity contribution in [3.05, 3.63) is 18.5 Å². The van der Waals surface area contributed by atoms with E-state index in [-0.39, 0.29) is 11.9 Å². The number of nitrogens with one attached hydrogen (secondary N) is 1. The van der Waals surface area contributed by atoms with E-state index in [0.29, 0.717) is 19.4 Å². The molecule has 0 radical (unpaired) electrons. The second-order valence-electron chi connectivity index (χ2n) is 4.49. The van der Waals surface area contributed by atoms with Crippen LogP contribution in [-0.4, -0.2) is 32.8 Å². The number of amides is 1. The minimum atomic E-state index is -1.17. The van der Waals surface area contributed by atoms with Crippen molar-refractivity contribution in [3.8, 4) is 0 Å². The molecule has 1 aromatic rings. The van der Waals surface area contributed by atoms with Crippen molar-refractivity contribution in [2.75, 3.05) is 0 Å². The number of carboxylic acid groups (broad SMARTS) is 1. The van der Waals surface area contributed by atoms with E-state index in [0.717, 1.165) is 0 Å². The van der Waals surface area contributed by atoms with Crippen LogP contribution in [0, 0.1) is 5.41 Å². The van der Waals surface area contributed by atoms with Gasteiger partial charge in [0.1, 0.15) is 5.41 Å². The van der Waals surface area contributed by atoms with Gasteiger partial charge in [0.05, 0.1) is 6.54 Å². The molecule has 92 valence electrons. The fourth-order valence-electron chi connectivity index (χ4n) is 1.76. The summed E-state index contributed by atoms with van der Waals surface area (Å²) in [6, 6.07) is 1.66. The van der Waals surface area contributed by atoms with E-state index in [1.165, 1.54) is 0 Å². The molecule has 1 atom stereocenters. The lowest BCUT2D eigenvalue weighted by molar-refractivity contribution is -0.149. The van der Waals surface area contributed by atoms with Crippen LogP contribution in [0.4, 0.5) is 0 Å². The molecular formula is C11H15N3O3. The molecule has 0 spiro atoms. The maximum Gasteiger partial charge on any atom is 0.319 e. The number of carboxylic acids is 1. The Hall–Kier alpha value is -1.85. The molecular weight excluding hydrogens is 222 g/mol. The summed E-state index contributed by atoms with van der Waals surface area (Å²) in [5, 5.41) is 15.7. The first kappa shape index (κ1) is 11.6. The van der Waals surface area contributed by atoms with E-state index in [2.05, 4.69) is 10.4 Å². The Labute approximate surface area is 98.6 Å². The Morgan fingerprint density at radius 3 is 2.76 bits per heavy atom. The number of hydrogen-bond donors (Lipinski definition) is 2. The van der Waals surface area contributed by atoms with Crippen LogP contribution in [0.1, 0.15) is 19.8 Å². The summed E-state index contributed by atoms with van der Waals surface area (Å²) >= 11 is 0. The Morgan fingerprint density at radius 1 is 1.59 bits per heavy atom. The van der Waals surface area contributed by atoms with E-state index in [9.17, 15) is 9.59 Å². The summed E-state index contributed by atoms with van der Waals surface area (Å²) in [4.78, 5) is 22.7. The van der Waals surface area contributed by atoms with Gasteiger partial charge >= 0.3 is 5.97 Å². The molecule has 2 rings (SSSR count). The van der Waals surface area contributed by atoms with Crippen molar-refractivity contribution in [1.29, 1.82) is 0 Å². The van der Waals surface area contributed by atoms with Crippen molar-refractivity contribution < 1.29 is 14.7 Å². The van der Waals surface area contributed by atoms with Crippen LogP contribution in [-0.2, 0) is 16.1 Å². The van der Waals surface area contributed by atoms with Crippen molar-refractivity contribution in [2.45, 2.75) is 32.4 Å². The van der Waals surface area contributed by atoms with Crippen molar-refractivity contribution >= 4 is 11.9 Å². The predicted molar refractivity (Wildman–Crippen MR) is 59.1 cm³/mol. The van der Waals surface area contributed by atoms with Crippen LogP contribution in [0.15, 0.2) is 18.5 Å². The molecule has 1 fully saturated rings. The van der Waals surface area contributed by atoms with E-state index in [1.54, 1.807) is 23.1 Å². The Bertz CT molecular complexity index is 423. The molecule has 0 aliphatic heterocycles. The van der Waals surface area contributed by atoms with Gasteiger partial charge in [-0.15, -0.1) is 0 Å². The number of hydrogen-bond acceptors (Lipinski definition) is 3. The van der Waals surface area contributed by atoms with Gasteiger partial charge in [-0.05, 0) is 25.8 Å². The second-order valence-corrected chi connectivity index (χ2v) is 4.49. The van der Waals surface area contributed by atoms with Gasteiger partial charge in [0, 0.05) is 18.4 Å². The molecule has 1 aliphatic carbocycles. The molecule has 0 aromatic carbocycles. The Kier molecular flexibility index (Phi) is 2.87. The van der Waals surface area contributed by atoms with Crippen LogP contribution in [0.3, 0.4) is 0 Å². The monoisotopic (exact) mass is 237 g/mol. The molecule has 1 aliphatic rings. The predicted octanol–water partition coefficient (Wildman–Crippen LogP) is 0.253. The third-order valence-corrected chi connectivity index (χ3v) is 2.99. The van der Waals surface area contributed by atoms with Crippen LogP contribution in [0.25, 0.3) is 0 Å². The first-order valence-electron chi connectivity index (χ1n) is 5.56. The Balaban J connectivity index is 1.89. The van der Waals surface area contributed by atoms with Crippen molar-refractivity contribution in [2.24, 2.45) is 5.41 Å². The van der Waals surface area contributed by atoms with Gasteiger partial charge in [0.2, 0.25) is 5.91 Å². The Morgan fingerprint density at radius 2 is 2.29 bits per heavy atom. The van der Waals surface area contributed by atoms with Gasteiger partial charge in [0.15, 0.2) is 0 Å². The van der Waals surface area contributed by atoms with Crippen LogP contribution >= 0.6 is 0 Å². The lowest BCUT2D eigenvalue weighted by Gasteiger charge is -2.17. The zero-order valence-corrected chi connectivity index (χ0v) is 9.59. The maximum absolute atomic E-state index is 11.8. The summed E-state index contributed by atoms with van der Waals surface area (Å²) < 4.78 is 1.70.